The summed E-state index contributed by atoms with van der Waals surface area (Å²) in [5.41, 5.74) is 2.70. The van der Waals surface area contributed by atoms with Gasteiger partial charge in [-0.25, -0.2) is 9.37 Å². The standard InChI is InChI=1S/C31H30FN3O6/c1-37-25-13-22(14-26(16-25)38-2)31(36)35(17-20-3-6-28-29(11-20)41-19-40-28)18-23-12-21-4-5-24(32)15-27(21)33-30(23)34-7-9-39-10-8-34/h3-6,11-16H,7-10,17-19H2,1-2H3. The van der Waals surface area contributed by atoms with Crippen molar-refractivity contribution in [2.75, 3.05) is 52.2 Å². The van der Waals surface area contributed by atoms with Crippen LogP contribution in [-0.2, 0) is 17.8 Å². The van der Waals surface area contributed by atoms with Crippen LogP contribution in [0.1, 0.15) is 21.5 Å². The fourth-order valence-corrected chi connectivity index (χ4v) is 5.12. The quantitative estimate of drug-likeness (QED) is 0.305. The number of fused-ring (bicyclic) bond motifs is 2. The van der Waals surface area contributed by atoms with Crippen LogP contribution < -0.4 is 23.8 Å². The van der Waals surface area contributed by atoms with E-state index in [1.165, 1.54) is 12.1 Å². The molecule has 0 aliphatic carbocycles. The van der Waals surface area contributed by atoms with Gasteiger partial charge in [0.05, 0.1) is 33.0 Å². The van der Waals surface area contributed by atoms with Crippen molar-refractivity contribution < 1.29 is 32.9 Å². The number of aromatic nitrogens is 1. The van der Waals surface area contributed by atoms with Crippen molar-refractivity contribution in [2.24, 2.45) is 0 Å². The number of hydrogen-bond donors (Lipinski definition) is 0. The van der Waals surface area contributed by atoms with Gasteiger partial charge in [0.1, 0.15) is 23.1 Å². The van der Waals surface area contributed by atoms with E-state index in [0.29, 0.717) is 72.7 Å². The number of nitrogens with zero attached hydrogens (tertiary/aromatic N) is 3. The molecular formula is C31H30FN3O6. The maximum Gasteiger partial charge on any atom is 0.254 e. The lowest BCUT2D eigenvalue weighted by Crippen LogP contribution is -2.38. The first kappa shape index (κ1) is 26.6. The van der Waals surface area contributed by atoms with Crippen LogP contribution in [0.15, 0.2) is 60.7 Å². The number of morpholine rings is 1. The van der Waals surface area contributed by atoms with Crippen molar-refractivity contribution in [1.29, 1.82) is 0 Å². The summed E-state index contributed by atoms with van der Waals surface area (Å²) in [7, 11) is 3.09. The summed E-state index contributed by atoms with van der Waals surface area (Å²) in [5.74, 6) is 2.48. The van der Waals surface area contributed by atoms with Gasteiger partial charge in [0.15, 0.2) is 11.5 Å². The number of pyridine rings is 1. The zero-order valence-electron chi connectivity index (χ0n) is 22.9. The number of hydrogen-bond acceptors (Lipinski definition) is 8. The summed E-state index contributed by atoms with van der Waals surface area (Å²) in [4.78, 5) is 22.9. The average molecular weight is 560 g/mol. The minimum Gasteiger partial charge on any atom is -0.497 e. The summed E-state index contributed by atoms with van der Waals surface area (Å²) >= 11 is 0. The summed E-state index contributed by atoms with van der Waals surface area (Å²) in [6, 6.07) is 17.3. The minimum absolute atomic E-state index is 0.164. The van der Waals surface area contributed by atoms with Crippen LogP contribution in [0.25, 0.3) is 10.9 Å². The summed E-state index contributed by atoms with van der Waals surface area (Å²) in [5, 5.41) is 0.789. The van der Waals surface area contributed by atoms with Gasteiger partial charge in [-0.2, -0.15) is 0 Å². The van der Waals surface area contributed by atoms with Crippen molar-refractivity contribution in [3.63, 3.8) is 0 Å². The van der Waals surface area contributed by atoms with Crippen LogP contribution in [0.2, 0.25) is 0 Å². The Hall–Kier alpha value is -4.57. The Morgan fingerprint density at radius 3 is 2.44 bits per heavy atom. The van der Waals surface area contributed by atoms with Gasteiger partial charge in [-0.05, 0) is 48.0 Å². The number of methoxy groups -OCH3 is 2. The summed E-state index contributed by atoms with van der Waals surface area (Å²) in [6.07, 6.45) is 0. The molecule has 212 valence electrons. The van der Waals surface area contributed by atoms with E-state index >= 15 is 0 Å². The lowest BCUT2D eigenvalue weighted by Gasteiger charge is -2.31. The number of anilines is 1. The monoisotopic (exact) mass is 559 g/mol. The van der Waals surface area contributed by atoms with Crippen LogP contribution in [0, 0.1) is 5.82 Å². The molecule has 1 amide bonds. The topological polar surface area (TPSA) is 82.6 Å². The molecule has 10 heteroatoms. The SMILES string of the molecule is COc1cc(OC)cc(C(=O)N(Cc2ccc3c(c2)OCO3)Cc2cc3ccc(F)cc3nc2N2CCOCC2)c1. The third-order valence-corrected chi connectivity index (χ3v) is 7.20. The fraction of sp³-hybridized carbons (Fsp3) is 0.290. The smallest absolute Gasteiger partial charge is 0.254 e. The van der Waals surface area contributed by atoms with Gasteiger partial charge in [-0.3, -0.25) is 4.79 Å². The van der Waals surface area contributed by atoms with E-state index in [0.717, 1.165) is 16.5 Å². The summed E-state index contributed by atoms with van der Waals surface area (Å²) < 4.78 is 41.6. The van der Waals surface area contributed by atoms with Gasteiger partial charge >= 0.3 is 0 Å². The normalized spacial score (nSPS) is 14.3. The number of carbonyl (C=O) groups excluding carboxylic acids is 1. The Morgan fingerprint density at radius 1 is 0.927 bits per heavy atom. The fourth-order valence-electron chi connectivity index (χ4n) is 5.12. The summed E-state index contributed by atoms with van der Waals surface area (Å²) in [6.45, 7) is 3.11. The van der Waals surface area contributed by atoms with Crippen molar-refractivity contribution in [1.82, 2.24) is 9.88 Å². The Bertz CT molecular complexity index is 1570. The highest BCUT2D eigenvalue weighted by Gasteiger charge is 2.24. The molecule has 1 fully saturated rings. The first-order chi connectivity index (χ1) is 20.0. The molecule has 0 spiro atoms. The number of rotatable bonds is 8. The van der Waals surface area contributed by atoms with Crippen molar-refractivity contribution >= 4 is 22.6 Å². The molecule has 41 heavy (non-hydrogen) atoms. The van der Waals surface area contributed by atoms with E-state index in [4.69, 9.17) is 28.7 Å². The highest BCUT2D eigenvalue weighted by atomic mass is 19.1. The molecule has 2 aliphatic heterocycles. The number of amides is 1. The average Bonchev–Trinajstić information content (AvgIpc) is 3.48. The molecule has 9 nitrogen and oxygen atoms in total. The largest absolute Gasteiger partial charge is 0.497 e. The Morgan fingerprint density at radius 2 is 1.68 bits per heavy atom. The lowest BCUT2D eigenvalue weighted by molar-refractivity contribution is 0.0728. The van der Waals surface area contributed by atoms with E-state index in [9.17, 15) is 9.18 Å². The van der Waals surface area contributed by atoms with Gasteiger partial charge in [0.25, 0.3) is 5.91 Å². The van der Waals surface area contributed by atoms with E-state index in [1.807, 2.05) is 24.3 Å². The van der Waals surface area contributed by atoms with E-state index in [1.54, 1.807) is 43.4 Å². The zero-order valence-corrected chi connectivity index (χ0v) is 22.9. The molecule has 0 saturated carbocycles. The van der Waals surface area contributed by atoms with Gasteiger partial charge in [-0.15, -0.1) is 0 Å². The maximum absolute atomic E-state index is 14.2. The highest BCUT2D eigenvalue weighted by molar-refractivity contribution is 5.95. The zero-order chi connectivity index (χ0) is 28.3. The molecule has 0 unspecified atom stereocenters. The molecule has 3 heterocycles. The number of carbonyl (C=O) groups is 1. The van der Waals surface area contributed by atoms with Crippen LogP contribution >= 0.6 is 0 Å². The molecule has 1 saturated heterocycles. The second kappa shape index (κ2) is 11.5. The number of halogens is 1. The van der Waals surface area contributed by atoms with Crippen molar-refractivity contribution in [3.05, 3.63) is 83.2 Å². The molecule has 4 aromatic rings. The Balaban J connectivity index is 1.42. The van der Waals surface area contributed by atoms with Crippen LogP contribution in [0.5, 0.6) is 23.0 Å². The second-order valence-corrected chi connectivity index (χ2v) is 9.86. The van der Waals surface area contributed by atoms with E-state index in [2.05, 4.69) is 4.90 Å². The number of benzene rings is 3. The molecule has 3 aromatic carbocycles. The lowest BCUT2D eigenvalue weighted by atomic mass is 10.1. The Labute approximate surface area is 236 Å². The molecule has 1 aromatic heterocycles. The van der Waals surface area contributed by atoms with Crippen LogP contribution in [-0.4, -0.2) is 63.1 Å². The highest BCUT2D eigenvalue weighted by Crippen LogP contribution is 2.34. The van der Waals surface area contributed by atoms with E-state index in [-0.39, 0.29) is 25.1 Å². The van der Waals surface area contributed by atoms with Crippen LogP contribution in [0.4, 0.5) is 10.2 Å². The first-order valence-electron chi connectivity index (χ1n) is 13.3. The molecule has 0 radical (unpaired) electrons. The molecule has 6 rings (SSSR count). The van der Waals surface area contributed by atoms with E-state index < -0.39 is 0 Å². The molecular weight excluding hydrogens is 529 g/mol. The number of ether oxygens (including phenoxy) is 5. The van der Waals surface area contributed by atoms with Gasteiger partial charge in [0.2, 0.25) is 6.79 Å². The molecule has 0 N–H and O–H groups in total. The predicted octanol–water partition coefficient (Wildman–Crippen LogP) is 4.80. The first-order valence-corrected chi connectivity index (χ1v) is 13.3. The third kappa shape index (κ3) is 5.69. The molecule has 0 bridgehead atoms. The van der Waals surface area contributed by atoms with Crippen molar-refractivity contribution in [2.45, 2.75) is 13.1 Å². The van der Waals surface area contributed by atoms with Gasteiger partial charge < -0.3 is 33.5 Å². The van der Waals surface area contributed by atoms with Gasteiger partial charge in [0, 0.05) is 54.8 Å². The maximum atomic E-state index is 14.2. The minimum atomic E-state index is -0.350. The predicted molar refractivity (Wildman–Crippen MR) is 150 cm³/mol. The third-order valence-electron chi connectivity index (χ3n) is 7.20. The second-order valence-electron chi connectivity index (χ2n) is 9.86. The Kier molecular flexibility index (Phi) is 7.47. The van der Waals surface area contributed by atoms with Crippen LogP contribution in [0.3, 0.4) is 0 Å². The van der Waals surface area contributed by atoms with Gasteiger partial charge in [-0.1, -0.05) is 6.07 Å². The van der Waals surface area contributed by atoms with Crippen molar-refractivity contribution in [3.8, 4) is 23.0 Å². The molecule has 2 aliphatic rings. The molecule has 0 atom stereocenters.